The minimum Gasteiger partial charge on any atom is -0.356 e. The van der Waals surface area contributed by atoms with Crippen LogP contribution in [0.15, 0.2) is 27.0 Å². The van der Waals surface area contributed by atoms with Crippen molar-refractivity contribution < 1.29 is 4.52 Å². The van der Waals surface area contributed by atoms with Gasteiger partial charge in [0.1, 0.15) is 0 Å². The van der Waals surface area contributed by atoms with Crippen LogP contribution in [0.3, 0.4) is 0 Å². The summed E-state index contributed by atoms with van der Waals surface area (Å²) >= 11 is 1.77. The van der Waals surface area contributed by atoms with E-state index in [1.165, 1.54) is 4.88 Å². The topological polar surface area (TPSA) is 75.3 Å². The van der Waals surface area contributed by atoms with Crippen molar-refractivity contribution in [2.45, 2.75) is 32.7 Å². The summed E-state index contributed by atoms with van der Waals surface area (Å²) in [4.78, 5) is 9.69. The standard InChI is InChI=1S/C14H21N5OS.HI/c1-10-18-12(20-19-10)8-16-13(15-4)17-9-14(2,3)11-6-5-7-21-11;/h5-7H,8-9H2,1-4H3,(H2,15,16,17);1H. The highest BCUT2D eigenvalue weighted by Crippen LogP contribution is 2.26. The summed E-state index contributed by atoms with van der Waals surface area (Å²) in [5, 5.41) is 12.3. The molecule has 6 nitrogen and oxygen atoms in total. The van der Waals surface area contributed by atoms with Gasteiger partial charge < -0.3 is 15.2 Å². The summed E-state index contributed by atoms with van der Waals surface area (Å²) in [5.41, 5.74) is 0.0485. The molecule has 0 aromatic carbocycles. The smallest absolute Gasteiger partial charge is 0.246 e. The van der Waals surface area contributed by atoms with Crippen molar-refractivity contribution in [1.82, 2.24) is 20.8 Å². The van der Waals surface area contributed by atoms with Crippen molar-refractivity contribution in [3.05, 3.63) is 34.1 Å². The van der Waals surface area contributed by atoms with Crippen molar-refractivity contribution in [3.63, 3.8) is 0 Å². The molecule has 0 unspecified atom stereocenters. The summed E-state index contributed by atoms with van der Waals surface area (Å²) in [6.07, 6.45) is 0. The first kappa shape index (κ1) is 18.9. The van der Waals surface area contributed by atoms with Gasteiger partial charge in [-0.15, -0.1) is 35.3 Å². The molecule has 0 amide bonds. The molecule has 0 radical (unpaired) electrons. The van der Waals surface area contributed by atoms with Crippen LogP contribution in [0.5, 0.6) is 0 Å². The fourth-order valence-electron chi connectivity index (χ4n) is 1.85. The van der Waals surface area contributed by atoms with Crippen molar-refractivity contribution in [3.8, 4) is 0 Å². The van der Waals surface area contributed by atoms with Gasteiger partial charge in [0.15, 0.2) is 11.8 Å². The monoisotopic (exact) mass is 435 g/mol. The predicted molar refractivity (Wildman–Crippen MR) is 100.0 cm³/mol. The van der Waals surface area contributed by atoms with E-state index >= 15 is 0 Å². The fourth-order valence-corrected chi connectivity index (χ4v) is 2.70. The van der Waals surface area contributed by atoms with Crippen molar-refractivity contribution in [2.24, 2.45) is 4.99 Å². The van der Waals surface area contributed by atoms with Crippen LogP contribution in [0.25, 0.3) is 0 Å². The first-order valence-corrected chi connectivity index (χ1v) is 7.67. The Bertz CT molecular complexity index is 594. The summed E-state index contributed by atoms with van der Waals surface area (Å²) in [6.45, 7) is 7.46. The van der Waals surface area contributed by atoms with Crippen molar-refractivity contribution in [2.75, 3.05) is 13.6 Å². The van der Waals surface area contributed by atoms with E-state index in [4.69, 9.17) is 4.52 Å². The molecule has 2 N–H and O–H groups in total. The van der Waals surface area contributed by atoms with Crippen molar-refractivity contribution >= 4 is 41.3 Å². The van der Waals surface area contributed by atoms with Gasteiger partial charge in [-0.2, -0.15) is 4.98 Å². The maximum atomic E-state index is 5.06. The largest absolute Gasteiger partial charge is 0.356 e. The first-order valence-electron chi connectivity index (χ1n) is 6.79. The van der Waals surface area contributed by atoms with E-state index in [2.05, 4.69) is 57.1 Å². The second-order valence-electron chi connectivity index (χ2n) is 5.38. The molecular formula is C14H22IN5OS. The Morgan fingerprint density at radius 3 is 2.73 bits per heavy atom. The molecule has 2 heterocycles. The Balaban J connectivity index is 0.00000242. The number of halogens is 1. The third-order valence-corrected chi connectivity index (χ3v) is 4.32. The van der Waals surface area contributed by atoms with Crippen LogP contribution in [0.4, 0.5) is 0 Å². The van der Waals surface area contributed by atoms with E-state index in [0.29, 0.717) is 18.3 Å². The minimum absolute atomic E-state index is 0. The quantitative estimate of drug-likeness (QED) is 0.429. The molecular weight excluding hydrogens is 413 g/mol. The van der Waals surface area contributed by atoms with Gasteiger partial charge in [0.25, 0.3) is 0 Å². The lowest BCUT2D eigenvalue weighted by Gasteiger charge is -2.24. The molecule has 0 aliphatic carbocycles. The predicted octanol–water partition coefficient (Wildman–Crippen LogP) is 2.70. The van der Waals surface area contributed by atoms with Crippen molar-refractivity contribution in [1.29, 1.82) is 0 Å². The van der Waals surface area contributed by atoms with E-state index in [1.54, 1.807) is 25.3 Å². The van der Waals surface area contributed by atoms with E-state index in [1.807, 2.05) is 0 Å². The number of aromatic nitrogens is 2. The average Bonchev–Trinajstić information content (AvgIpc) is 3.10. The Labute approximate surface area is 151 Å². The third kappa shape index (κ3) is 5.24. The highest BCUT2D eigenvalue weighted by molar-refractivity contribution is 14.0. The molecule has 0 fully saturated rings. The molecule has 0 atom stereocenters. The van der Waals surface area contributed by atoms with Gasteiger partial charge in [0.2, 0.25) is 5.89 Å². The zero-order valence-electron chi connectivity index (χ0n) is 13.2. The molecule has 2 aromatic heterocycles. The lowest BCUT2D eigenvalue weighted by molar-refractivity contribution is 0.371. The van der Waals surface area contributed by atoms with Gasteiger partial charge in [0.05, 0.1) is 6.54 Å². The zero-order chi connectivity index (χ0) is 15.3. The number of nitrogens with one attached hydrogen (secondary N) is 2. The van der Waals surface area contributed by atoms with Crippen LogP contribution < -0.4 is 10.6 Å². The molecule has 0 bridgehead atoms. The third-order valence-electron chi connectivity index (χ3n) is 3.09. The van der Waals surface area contributed by atoms with Crippen LogP contribution in [0, 0.1) is 6.92 Å². The lowest BCUT2D eigenvalue weighted by atomic mass is 9.91. The van der Waals surface area contributed by atoms with E-state index < -0.39 is 0 Å². The maximum absolute atomic E-state index is 5.06. The first-order chi connectivity index (χ1) is 10.0. The molecule has 0 aliphatic heterocycles. The Morgan fingerprint density at radius 2 is 2.18 bits per heavy atom. The average molecular weight is 435 g/mol. The Kier molecular flexibility index (Phi) is 7.27. The maximum Gasteiger partial charge on any atom is 0.246 e. The molecule has 2 aromatic rings. The number of aryl methyl sites for hydroxylation is 1. The molecule has 22 heavy (non-hydrogen) atoms. The van der Waals surface area contributed by atoms with E-state index in [0.717, 1.165) is 12.5 Å². The van der Waals surface area contributed by atoms with Gasteiger partial charge in [-0.3, -0.25) is 4.99 Å². The fraction of sp³-hybridized carbons (Fsp3) is 0.500. The number of aliphatic imine (C=N–C) groups is 1. The number of nitrogens with zero attached hydrogens (tertiary/aromatic N) is 3. The minimum atomic E-state index is 0. The Hall–Kier alpha value is -1.16. The number of rotatable bonds is 5. The normalized spacial score (nSPS) is 11.9. The van der Waals surface area contributed by atoms with Gasteiger partial charge in [0, 0.05) is 23.9 Å². The molecule has 0 spiro atoms. The summed E-state index contributed by atoms with van der Waals surface area (Å²) in [6, 6.07) is 4.23. The van der Waals surface area contributed by atoms with Crippen LogP contribution in [-0.2, 0) is 12.0 Å². The highest BCUT2D eigenvalue weighted by Gasteiger charge is 2.21. The summed E-state index contributed by atoms with van der Waals surface area (Å²) in [5.74, 6) is 1.90. The van der Waals surface area contributed by atoms with Crippen LogP contribution >= 0.6 is 35.3 Å². The number of thiophene rings is 1. The van der Waals surface area contributed by atoms with Gasteiger partial charge >= 0.3 is 0 Å². The molecule has 0 saturated carbocycles. The highest BCUT2D eigenvalue weighted by atomic mass is 127. The second-order valence-corrected chi connectivity index (χ2v) is 6.32. The van der Waals surface area contributed by atoms with Gasteiger partial charge in [-0.05, 0) is 18.4 Å². The lowest BCUT2D eigenvalue weighted by Crippen LogP contribution is -2.43. The van der Waals surface area contributed by atoms with Gasteiger partial charge in [-0.25, -0.2) is 0 Å². The molecule has 2 rings (SSSR count). The zero-order valence-corrected chi connectivity index (χ0v) is 16.4. The molecule has 8 heteroatoms. The SMILES string of the molecule is CN=C(NCc1nc(C)no1)NCC(C)(C)c1cccs1.I. The molecule has 122 valence electrons. The summed E-state index contributed by atoms with van der Waals surface area (Å²) in [7, 11) is 1.74. The second kappa shape index (κ2) is 8.47. The number of hydrogen-bond acceptors (Lipinski definition) is 5. The molecule has 0 aliphatic rings. The van der Waals surface area contributed by atoms with Gasteiger partial charge in [-0.1, -0.05) is 25.1 Å². The van der Waals surface area contributed by atoms with E-state index in [-0.39, 0.29) is 29.4 Å². The Morgan fingerprint density at radius 1 is 1.41 bits per heavy atom. The summed E-state index contributed by atoms with van der Waals surface area (Å²) < 4.78 is 5.06. The number of hydrogen-bond donors (Lipinski definition) is 2. The van der Waals surface area contributed by atoms with Crippen LogP contribution in [0.1, 0.15) is 30.4 Å². The number of guanidine groups is 1. The molecule has 0 saturated heterocycles. The van der Waals surface area contributed by atoms with Crippen LogP contribution in [-0.4, -0.2) is 29.7 Å². The van der Waals surface area contributed by atoms with Crippen LogP contribution in [0.2, 0.25) is 0 Å². The van der Waals surface area contributed by atoms with E-state index in [9.17, 15) is 0 Å².